The smallest absolute Gasteiger partial charge is 0.338 e. The lowest BCUT2D eigenvalue weighted by molar-refractivity contribution is 0.0474. The summed E-state index contributed by atoms with van der Waals surface area (Å²) in [6.07, 6.45) is 3.64. The van der Waals surface area contributed by atoms with E-state index in [2.05, 4.69) is 31.9 Å². The molecule has 0 aliphatic carbocycles. The Balaban J connectivity index is 1.74. The molecule has 0 saturated carbocycles. The molecule has 0 atom stereocenters. The van der Waals surface area contributed by atoms with Gasteiger partial charge in [0.15, 0.2) is 12.4 Å². The number of halogens is 2. The normalized spacial score (nSPS) is 15.4. The van der Waals surface area contributed by atoms with E-state index in [4.69, 9.17) is 4.74 Å². The number of rotatable bonds is 6. The molecule has 9 heteroatoms. The minimum Gasteiger partial charge on any atom is -0.454 e. The molecule has 0 amide bonds. The van der Waals surface area contributed by atoms with Crippen molar-refractivity contribution in [3.05, 3.63) is 62.5 Å². The molecule has 1 aliphatic heterocycles. The van der Waals surface area contributed by atoms with Crippen LogP contribution in [-0.4, -0.2) is 44.2 Å². The highest BCUT2D eigenvalue weighted by Crippen LogP contribution is 2.28. The molecule has 160 valence electrons. The maximum atomic E-state index is 13.1. The zero-order valence-electron chi connectivity index (χ0n) is 16.1. The first-order valence-electron chi connectivity index (χ1n) is 9.54. The summed E-state index contributed by atoms with van der Waals surface area (Å²) < 4.78 is 34.0. The Labute approximate surface area is 192 Å². The van der Waals surface area contributed by atoms with E-state index < -0.39 is 22.6 Å². The van der Waals surface area contributed by atoms with Crippen LogP contribution < -0.4 is 0 Å². The third-order valence-electron chi connectivity index (χ3n) is 4.85. The summed E-state index contributed by atoms with van der Waals surface area (Å²) in [5.74, 6) is -1.09. The van der Waals surface area contributed by atoms with Crippen molar-refractivity contribution in [3.63, 3.8) is 0 Å². The third kappa shape index (κ3) is 5.57. The molecule has 0 N–H and O–H groups in total. The van der Waals surface area contributed by atoms with E-state index in [1.807, 2.05) is 0 Å². The van der Waals surface area contributed by atoms with Crippen molar-refractivity contribution in [2.24, 2.45) is 0 Å². The molecule has 30 heavy (non-hydrogen) atoms. The highest BCUT2D eigenvalue weighted by molar-refractivity contribution is 9.10. The number of hydrogen-bond acceptors (Lipinski definition) is 5. The number of ether oxygens (including phenoxy) is 1. The molecule has 2 aromatic rings. The zero-order valence-corrected chi connectivity index (χ0v) is 20.1. The summed E-state index contributed by atoms with van der Waals surface area (Å²) in [5, 5.41) is 0. The second-order valence-corrected chi connectivity index (χ2v) is 10.6. The minimum atomic E-state index is -3.74. The van der Waals surface area contributed by atoms with Crippen LogP contribution in [0.1, 0.15) is 46.4 Å². The topological polar surface area (TPSA) is 80.8 Å². The average molecular weight is 559 g/mol. The molecule has 1 fully saturated rings. The van der Waals surface area contributed by atoms with Gasteiger partial charge in [-0.15, -0.1) is 0 Å². The second-order valence-electron chi connectivity index (χ2n) is 6.97. The molecule has 1 aliphatic rings. The number of nitrogens with zero attached hydrogens (tertiary/aromatic N) is 1. The highest BCUT2D eigenvalue weighted by atomic mass is 79.9. The van der Waals surface area contributed by atoms with E-state index in [-0.39, 0.29) is 16.2 Å². The lowest BCUT2D eigenvalue weighted by atomic mass is 10.1. The fourth-order valence-electron chi connectivity index (χ4n) is 3.18. The molecular weight excluding hydrogens is 538 g/mol. The van der Waals surface area contributed by atoms with Crippen LogP contribution in [0.15, 0.2) is 56.3 Å². The predicted octanol–water partition coefficient (Wildman–Crippen LogP) is 4.82. The molecule has 2 aromatic carbocycles. The van der Waals surface area contributed by atoms with Crippen molar-refractivity contribution in [2.75, 3.05) is 19.7 Å². The molecule has 6 nitrogen and oxygen atoms in total. The van der Waals surface area contributed by atoms with Gasteiger partial charge in [-0.05, 0) is 59.1 Å². The van der Waals surface area contributed by atoms with Crippen molar-refractivity contribution in [1.82, 2.24) is 4.31 Å². The van der Waals surface area contributed by atoms with Gasteiger partial charge in [-0.3, -0.25) is 4.79 Å². The fraction of sp³-hybridized carbons (Fsp3) is 0.333. The Hall–Kier alpha value is -1.55. The van der Waals surface area contributed by atoms with Crippen LogP contribution in [-0.2, 0) is 14.8 Å². The lowest BCUT2D eigenvalue weighted by Crippen LogP contribution is -2.32. The van der Waals surface area contributed by atoms with E-state index in [1.165, 1.54) is 22.5 Å². The van der Waals surface area contributed by atoms with Crippen molar-refractivity contribution < 1.29 is 22.7 Å². The van der Waals surface area contributed by atoms with Crippen molar-refractivity contribution >= 4 is 53.6 Å². The monoisotopic (exact) mass is 557 g/mol. The van der Waals surface area contributed by atoms with E-state index in [0.29, 0.717) is 23.1 Å². The van der Waals surface area contributed by atoms with Gasteiger partial charge in [-0.25, -0.2) is 13.2 Å². The number of sulfonamides is 1. The molecule has 0 bridgehead atoms. The van der Waals surface area contributed by atoms with Crippen molar-refractivity contribution in [1.29, 1.82) is 0 Å². The van der Waals surface area contributed by atoms with Gasteiger partial charge in [-0.1, -0.05) is 40.9 Å². The average Bonchev–Trinajstić information content (AvgIpc) is 3.02. The number of esters is 1. The van der Waals surface area contributed by atoms with Gasteiger partial charge in [-0.2, -0.15) is 4.31 Å². The summed E-state index contributed by atoms with van der Waals surface area (Å²) in [6, 6.07) is 11.0. The number of hydrogen-bond donors (Lipinski definition) is 0. The van der Waals surface area contributed by atoms with E-state index in [1.54, 1.807) is 24.3 Å². The van der Waals surface area contributed by atoms with Gasteiger partial charge in [0.25, 0.3) is 0 Å². The Morgan fingerprint density at radius 3 is 2.13 bits per heavy atom. The lowest BCUT2D eigenvalue weighted by Gasteiger charge is -2.21. The number of carbonyl (C=O) groups is 2. The molecular formula is C21H21Br2NO5S. The molecule has 0 radical (unpaired) electrons. The number of Topliss-reactive ketones (excluding diaryl/α,β-unsaturated/α-hetero) is 1. The van der Waals surface area contributed by atoms with Crippen LogP contribution in [0.4, 0.5) is 0 Å². The first kappa shape index (κ1) is 23.1. The molecule has 0 spiro atoms. The molecule has 0 aromatic heterocycles. The van der Waals surface area contributed by atoms with E-state index >= 15 is 0 Å². The van der Waals surface area contributed by atoms with Gasteiger partial charge in [0.05, 0.1) is 10.5 Å². The summed E-state index contributed by atoms with van der Waals surface area (Å²) >= 11 is 6.58. The number of benzene rings is 2. The van der Waals surface area contributed by atoms with Crippen molar-refractivity contribution in [3.8, 4) is 0 Å². The molecule has 1 heterocycles. The summed E-state index contributed by atoms with van der Waals surface area (Å²) in [7, 11) is -3.74. The quantitative estimate of drug-likeness (QED) is 0.375. The van der Waals surface area contributed by atoms with Crippen LogP contribution in [0.25, 0.3) is 0 Å². The van der Waals surface area contributed by atoms with Crippen LogP contribution in [0, 0.1) is 0 Å². The van der Waals surface area contributed by atoms with Crippen LogP contribution in [0.5, 0.6) is 0 Å². The maximum Gasteiger partial charge on any atom is 0.338 e. The van der Waals surface area contributed by atoms with E-state index in [0.717, 1.165) is 30.2 Å². The number of ketones is 1. The van der Waals surface area contributed by atoms with Crippen LogP contribution >= 0.6 is 31.9 Å². The van der Waals surface area contributed by atoms with Crippen LogP contribution in [0.3, 0.4) is 0 Å². The first-order valence-corrected chi connectivity index (χ1v) is 12.6. The van der Waals surface area contributed by atoms with Gasteiger partial charge in [0, 0.05) is 27.6 Å². The molecule has 0 unspecified atom stereocenters. The SMILES string of the molecule is O=C(COC(=O)c1ccc(Br)c(S(=O)(=O)N2CCCCCC2)c1)c1ccc(Br)cc1. The third-order valence-corrected chi connectivity index (χ3v) is 8.27. The Morgan fingerprint density at radius 1 is 0.900 bits per heavy atom. The molecule has 1 saturated heterocycles. The predicted molar refractivity (Wildman–Crippen MR) is 120 cm³/mol. The highest BCUT2D eigenvalue weighted by Gasteiger charge is 2.28. The number of carbonyl (C=O) groups excluding carboxylic acids is 2. The fourth-order valence-corrected chi connectivity index (χ4v) is 5.91. The van der Waals surface area contributed by atoms with Gasteiger partial charge < -0.3 is 4.74 Å². The van der Waals surface area contributed by atoms with Crippen LogP contribution in [0.2, 0.25) is 0 Å². The zero-order chi connectivity index (χ0) is 21.7. The first-order chi connectivity index (χ1) is 14.3. The Kier molecular flexibility index (Phi) is 7.84. The summed E-state index contributed by atoms with van der Waals surface area (Å²) in [6.45, 7) is 0.501. The second kappa shape index (κ2) is 10.2. The largest absolute Gasteiger partial charge is 0.454 e. The molecule has 3 rings (SSSR count). The van der Waals surface area contributed by atoms with Gasteiger partial charge in [0.2, 0.25) is 10.0 Å². The van der Waals surface area contributed by atoms with E-state index in [9.17, 15) is 18.0 Å². The Morgan fingerprint density at radius 2 is 1.50 bits per heavy atom. The minimum absolute atomic E-state index is 0.0260. The summed E-state index contributed by atoms with van der Waals surface area (Å²) in [5.41, 5.74) is 0.501. The summed E-state index contributed by atoms with van der Waals surface area (Å²) in [4.78, 5) is 24.7. The Bertz CT molecular complexity index is 1030. The van der Waals surface area contributed by atoms with Gasteiger partial charge in [0.1, 0.15) is 0 Å². The standard InChI is InChI=1S/C21H21Br2NO5S/c22-17-8-5-15(6-9-17)19(25)14-29-21(26)16-7-10-18(23)20(13-16)30(27,28)24-11-3-1-2-4-12-24/h5-10,13H,1-4,11-12,14H2. The van der Waals surface area contributed by atoms with Gasteiger partial charge >= 0.3 is 5.97 Å². The van der Waals surface area contributed by atoms with Crippen molar-refractivity contribution in [2.45, 2.75) is 30.6 Å². The maximum absolute atomic E-state index is 13.1.